The molecule has 2 aromatic carbocycles. The molecule has 0 unspecified atom stereocenters. The summed E-state index contributed by atoms with van der Waals surface area (Å²) in [5, 5.41) is 14.7. The molecule has 0 radical (unpaired) electrons. The van der Waals surface area contributed by atoms with Gasteiger partial charge in [0, 0.05) is 11.1 Å². The second-order valence-corrected chi connectivity index (χ2v) is 4.96. The van der Waals surface area contributed by atoms with Crippen molar-refractivity contribution < 1.29 is 0 Å². The summed E-state index contributed by atoms with van der Waals surface area (Å²) in [5.74, 6) is 0. The maximum atomic E-state index is 12.0. The summed E-state index contributed by atoms with van der Waals surface area (Å²) in [5.41, 5.74) is 3.48. The first-order valence-corrected chi connectivity index (χ1v) is 6.92. The van der Waals surface area contributed by atoms with E-state index >= 15 is 0 Å². The fraction of sp³-hybridized carbons (Fsp3) is 0. The summed E-state index contributed by atoms with van der Waals surface area (Å²) >= 11 is 0. The largest absolute Gasteiger partial charge is 0.290 e. The van der Waals surface area contributed by atoms with Crippen molar-refractivity contribution in [3.05, 3.63) is 71.0 Å². The van der Waals surface area contributed by atoms with E-state index in [-0.39, 0.29) is 5.56 Å². The summed E-state index contributed by atoms with van der Waals surface area (Å²) in [4.78, 5) is 12.0. The van der Waals surface area contributed by atoms with E-state index in [0.29, 0.717) is 11.2 Å². The highest BCUT2D eigenvalue weighted by atomic mass is 16.1. The van der Waals surface area contributed by atoms with Crippen molar-refractivity contribution >= 4 is 10.9 Å². The molecule has 0 aliphatic carbocycles. The molecular weight excluding hydrogens is 276 g/mol. The molecule has 0 saturated heterocycles. The Morgan fingerprint density at radius 3 is 1.73 bits per heavy atom. The summed E-state index contributed by atoms with van der Waals surface area (Å²) < 4.78 is 0. The van der Waals surface area contributed by atoms with Crippen LogP contribution in [0.4, 0.5) is 0 Å². The van der Waals surface area contributed by atoms with Crippen LogP contribution in [0.2, 0.25) is 0 Å². The van der Waals surface area contributed by atoms with Crippen molar-refractivity contribution in [3.63, 3.8) is 0 Å². The Hall–Kier alpha value is -3.21. The number of hydrogen-bond donors (Lipinski definition) is 2. The molecule has 0 fully saturated rings. The molecule has 22 heavy (non-hydrogen) atoms. The lowest BCUT2D eigenvalue weighted by Crippen LogP contribution is -2.09. The smallest absolute Gasteiger partial charge is 0.272 e. The number of rotatable bonds is 2. The van der Waals surface area contributed by atoms with Gasteiger partial charge in [0.1, 0.15) is 16.9 Å². The molecule has 2 aromatic heterocycles. The molecule has 4 rings (SSSR count). The highest BCUT2D eigenvalue weighted by Gasteiger charge is 2.17. The van der Waals surface area contributed by atoms with Gasteiger partial charge in [-0.15, -0.1) is 0 Å². The second-order valence-electron chi connectivity index (χ2n) is 4.96. The molecule has 2 N–H and O–H groups in total. The third-order valence-electron chi connectivity index (χ3n) is 3.59. The van der Waals surface area contributed by atoms with Crippen molar-refractivity contribution in [1.29, 1.82) is 0 Å². The van der Waals surface area contributed by atoms with Crippen LogP contribution in [0.1, 0.15) is 0 Å². The predicted octanol–water partition coefficient (Wildman–Crippen LogP) is 2.98. The van der Waals surface area contributed by atoms with Crippen LogP contribution in [0.5, 0.6) is 0 Å². The minimum absolute atomic E-state index is 0.274. The quantitative estimate of drug-likeness (QED) is 0.595. The van der Waals surface area contributed by atoms with E-state index in [0.717, 1.165) is 22.2 Å². The maximum Gasteiger partial charge on any atom is 0.290 e. The van der Waals surface area contributed by atoms with Gasteiger partial charge in [0.2, 0.25) is 0 Å². The zero-order valence-corrected chi connectivity index (χ0v) is 11.6. The lowest BCUT2D eigenvalue weighted by atomic mass is 10.0. The van der Waals surface area contributed by atoms with Crippen LogP contribution in [0, 0.1) is 0 Å². The highest BCUT2D eigenvalue weighted by Crippen LogP contribution is 2.31. The number of benzene rings is 2. The molecular formula is C17H12N4O. The van der Waals surface area contributed by atoms with Gasteiger partial charge in [-0.3, -0.25) is 9.89 Å². The molecule has 2 heterocycles. The van der Waals surface area contributed by atoms with Crippen molar-refractivity contribution in [2.45, 2.75) is 0 Å². The number of nitrogens with one attached hydrogen (secondary N) is 2. The number of H-pyrrole nitrogens is 2. The monoisotopic (exact) mass is 288 g/mol. The molecule has 0 bridgehead atoms. The summed E-state index contributed by atoms with van der Waals surface area (Å²) in [6, 6.07) is 19.5. The fourth-order valence-electron chi connectivity index (χ4n) is 2.57. The minimum atomic E-state index is -0.274. The van der Waals surface area contributed by atoms with Gasteiger partial charge in [-0.1, -0.05) is 60.7 Å². The molecule has 0 saturated carbocycles. The first kappa shape index (κ1) is 12.5. The van der Waals surface area contributed by atoms with Crippen LogP contribution in [0.25, 0.3) is 33.4 Å². The molecule has 0 atom stereocenters. The van der Waals surface area contributed by atoms with Gasteiger partial charge in [-0.25, -0.2) is 5.10 Å². The van der Waals surface area contributed by atoms with Gasteiger partial charge in [0.25, 0.3) is 5.56 Å². The van der Waals surface area contributed by atoms with Gasteiger partial charge in [0.05, 0.1) is 5.39 Å². The lowest BCUT2D eigenvalue weighted by Gasteiger charge is -2.04. The van der Waals surface area contributed by atoms with Crippen molar-refractivity contribution in [3.8, 4) is 22.5 Å². The topological polar surface area (TPSA) is 74.4 Å². The van der Waals surface area contributed by atoms with Gasteiger partial charge >= 0.3 is 0 Å². The second kappa shape index (κ2) is 4.96. The van der Waals surface area contributed by atoms with E-state index < -0.39 is 0 Å². The van der Waals surface area contributed by atoms with Crippen LogP contribution in [-0.2, 0) is 0 Å². The van der Waals surface area contributed by atoms with E-state index in [4.69, 9.17) is 0 Å². The number of aromatic amines is 2. The molecule has 5 nitrogen and oxygen atoms in total. The summed E-state index contributed by atoms with van der Waals surface area (Å²) in [6.07, 6.45) is 0. The van der Waals surface area contributed by atoms with Crippen LogP contribution >= 0.6 is 0 Å². The normalized spacial score (nSPS) is 10.9. The van der Waals surface area contributed by atoms with E-state index in [9.17, 15) is 4.79 Å². The van der Waals surface area contributed by atoms with Gasteiger partial charge < -0.3 is 0 Å². The fourth-order valence-corrected chi connectivity index (χ4v) is 2.57. The Labute approximate surface area is 125 Å². The van der Waals surface area contributed by atoms with Crippen LogP contribution in [-0.4, -0.2) is 20.4 Å². The van der Waals surface area contributed by atoms with Crippen molar-refractivity contribution in [2.24, 2.45) is 0 Å². The van der Waals surface area contributed by atoms with E-state index in [2.05, 4.69) is 20.4 Å². The van der Waals surface area contributed by atoms with E-state index in [1.54, 1.807) is 0 Å². The van der Waals surface area contributed by atoms with E-state index in [1.807, 2.05) is 60.7 Å². The first-order valence-electron chi connectivity index (χ1n) is 6.92. The standard InChI is InChI=1S/C17H12N4O/c22-17-16-13(14(18-20-16)11-7-3-1-4-8-11)15(19-21-17)12-9-5-2-6-10-12/h1-10H,(H,18,20)(H,21,22). The zero-order chi connectivity index (χ0) is 14.9. The summed E-state index contributed by atoms with van der Waals surface area (Å²) in [7, 11) is 0. The first-order chi connectivity index (χ1) is 10.8. The van der Waals surface area contributed by atoms with Gasteiger partial charge in [-0.05, 0) is 0 Å². The highest BCUT2D eigenvalue weighted by molar-refractivity contribution is 6.01. The maximum absolute atomic E-state index is 12.0. The van der Waals surface area contributed by atoms with Gasteiger partial charge in [-0.2, -0.15) is 10.2 Å². The zero-order valence-electron chi connectivity index (χ0n) is 11.6. The van der Waals surface area contributed by atoms with Gasteiger partial charge in [0.15, 0.2) is 0 Å². The minimum Gasteiger partial charge on any atom is -0.272 e. The Morgan fingerprint density at radius 2 is 1.18 bits per heavy atom. The van der Waals surface area contributed by atoms with Crippen LogP contribution < -0.4 is 5.56 Å². The molecule has 0 aliphatic rings. The van der Waals surface area contributed by atoms with Crippen molar-refractivity contribution in [1.82, 2.24) is 20.4 Å². The molecule has 0 spiro atoms. The summed E-state index contributed by atoms with van der Waals surface area (Å²) in [6.45, 7) is 0. The lowest BCUT2D eigenvalue weighted by molar-refractivity contribution is 1.01. The van der Waals surface area contributed by atoms with Crippen LogP contribution in [0.15, 0.2) is 65.5 Å². The number of aromatic nitrogens is 4. The van der Waals surface area contributed by atoms with Crippen LogP contribution in [0.3, 0.4) is 0 Å². The predicted molar refractivity (Wildman–Crippen MR) is 85.4 cm³/mol. The number of fused-ring (bicyclic) bond motifs is 1. The van der Waals surface area contributed by atoms with E-state index in [1.165, 1.54) is 0 Å². The third-order valence-corrected chi connectivity index (χ3v) is 3.59. The molecule has 5 heteroatoms. The SMILES string of the molecule is O=c1[nH]nc(-c2ccccc2)c2c(-c3ccccc3)n[nH]c12. The Balaban J connectivity index is 2.09. The number of nitrogens with zero attached hydrogens (tertiary/aromatic N) is 2. The Bertz CT molecular complexity index is 988. The third kappa shape index (κ3) is 1.91. The molecule has 106 valence electrons. The molecule has 0 amide bonds. The molecule has 0 aliphatic heterocycles. The number of hydrogen-bond acceptors (Lipinski definition) is 3. The Morgan fingerprint density at radius 1 is 0.682 bits per heavy atom. The molecule has 4 aromatic rings. The van der Waals surface area contributed by atoms with Crippen molar-refractivity contribution in [2.75, 3.05) is 0 Å². The average molecular weight is 288 g/mol. The average Bonchev–Trinajstić information content (AvgIpc) is 3.03. The Kier molecular flexibility index (Phi) is 2.83.